The van der Waals surface area contributed by atoms with E-state index in [-0.39, 0.29) is 23.3 Å². The number of hydrogen-bond donors (Lipinski definition) is 3. The van der Waals surface area contributed by atoms with Crippen LogP contribution in [0.4, 0.5) is 4.39 Å². The van der Waals surface area contributed by atoms with Crippen LogP contribution in [-0.4, -0.2) is 45.7 Å². The Morgan fingerprint density at radius 2 is 2.07 bits per heavy atom. The van der Waals surface area contributed by atoms with Gasteiger partial charge in [0.25, 0.3) is 11.8 Å². The van der Waals surface area contributed by atoms with Gasteiger partial charge in [0.05, 0.1) is 28.4 Å². The van der Waals surface area contributed by atoms with E-state index in [1.807, 2.05) is 0 Å². The lowest BCUT2D eigenvalue weighted by Crippen LogP contribution is -2.70. The van der Waals surface area contributed by atoms with Gasteiger partial charge in [-0.2, -0.15) is 0 Å². The fourth-order valence-electron chi connectivity index (χ4n) is 4.32. The third kappa shape index (κ3) is 4.14. The maximum atomic E-state index is 13.5. The van der Waals surface area contributed by atoms with E-state index in [1.165, 1.54) is 29.7 Å². The summed E-state index contributed by atoms with van der Waals surface area (Å²) >= 11 is 6.90. The number of nitrogens with one attached hydrogen (secondary N) is 2. The van der Waals surface area contributed by atoms with Crippen molar-refractivity contribution in [3.63, 3.8) is 0 Å². The number of benzene rings is 1. The van der Waals surface area contributed by atoms with Crippen LogP contribution < -0.4 is 15.4 Å². The number of ether oxygens (including phenoxy) is 1. The van der Waals surface area contributed by atoms with Crippen LogP contribution in [0.15, 0.2) is 29.9 Å². The number of amides is 2. The molecule has 3 fully saturated rings. The van der Waals surface area contributed by atoms with Crippen LogP contribution in [-0.2, 0) is 4.79 Å². The molecule has 0 radical (unpaired) electrons. The molecule has 1 unspecified atom stereocenters. The SMILES string of the molecule is O=C(COc1ccc(Cl)c(F)c1)NC12CCC(NC(=O)c3cncs3)(CC1)CC2O. The molecule has 3 saturated carbocycles. The lowest BCUT2D eigenvalue weighted by Gasteiger charge is -2.56. The zero-order chi connectivity index (χ0) is 21.4. The summed E-state index contributed by atoms with van der Waals surface area (Å²) in [5, 5.41) is 16.7. The first-order chi connectivity index (χ1) is 14.3. The molecule has 1 atom stereocenters. The van der Waals surface area contributed by atoms with E-state index in [0.717, 1.165) is 6.07 Å². The zero-order valence-electron chi connectivity index (χ0n) is 16.0. The molecule has 0 aliphatic heterocycles. The van der Waals surface area contributed by atoms with Crippen LogP contribution in [0.2, 0.25) is 5.02 Å². The first-order valence-corrected chi connectivity index (χ1v) is 10.8. The highest BCUT2D eigenvalue weighted by Crippen LogP contribution is 2.47. The van der Waals surface area contributed by atoms with Gasteiger partial charge in [-0.25, -0.2) is 4.39 Å². The third-order valence-corrected chi connectivity index (χ3v) is 7.08. The van der Waals surface area contributed by atoms with Crippen LogP contribution in [0.1, 0.15) is 41.8 Å². The Morgan fingerprint density at radius 1 is 1.30 bits per heavy atom. The summed E-state index contributed by atoms with van der Waals surface area (Å²) in [5.74, 6) is -1.01. The summed E-state index contributed by atoms with van der Waals surface area (Å²) in [6, 6.07) is 3.95. The Hall–Kier alpha value is -2.23. The predicted molar refractivity (Wildman–Crippen MR) is 109 cm³/mol. The minimum Gasteiger partial charge on any atom is -0.484 e. The number of aromatic nitrogens is 1. The third-order valence-electron chi connectivity index (χ3n) is 6.01. The van der Waals surface area contributed by atoms with Crippen molar-refractivity contribution in [2.45, 2.75) is 49.3 Å². The lowest BCUT2D eigenvalue weighted by atomic mass is 9.60. The van der Waals surface area contributed by atoms with E-state index in [1.54, 1.807) is 5.51 Å². The van der Waals surface area contributed by atoms with Crippen molar-refractivity contribution in [2.75, 3.05) is 6.61 Å². The molecule has 3 aliphatic carbocycles. The van der Waals surface area contributed by atoms with Crippen LogP contribution >= 0.6 is 22.9 Å². The van der Waals surface area contributed by atoms with Crippen molar-refractivity contribution >= 4 is 34.8 Å². The van der Waals surface area contributed by atoms with Gasteiger partial charge in [-0.1, -0.05) is 11.6 Å². The van der Waals surface area contributed by atoms with Crippen LogP contribution in [0, 0.1) is 5.82 Å². The molecule has 1 aromatic heterocycles. The number of thiazole rings is 1. The summed E-state index contributed by atoms with van der Waals surface area (Å²) in [6.45, 7) is -0.303. The number of aliphatic hydroxyl groups is 1. The van der Waals surface area contributed by atoms with Crippen molar-refractivity contribution in [3.05, 3.63) is 45.6 Å². The molecule has 2 amide bonds. The van der Waals surface area contributed by atoms with E-state index < -0.39 is 28.9 Å². The molecule has 10 heteroatoms. The molecule has 7 nitrogen and oxygen atoms in total. The van der Waals surface area contributed by atoms with Gasteiger partial charge in [-0.15, -0.1) is 11.3 Å². The smallest absolute Gasteiger partial charge is 0.263 e. The molecule has 0 spiro atoms. The highest BCUT2D eigenvalue weighted by Gasteiger charge is 2.55. The minimum absolute atomic E-state index is 0.0239. The van der Waals surface area contributed by atoms with E-state index >= 15 is 0 Å². The largest absolute Gasteiger partial charge is 0.484 e. The molecule has 2 aromatic rings. The average Bonchev–Trinajstić information content (AvgIpc) is 3.25. The van der Waals surface area contributed by atoms with Crippen molar-refractivity contribution in [1.29, 1.82) is 0 Å². The van der Waals surface area contributed by atoms with Crippen molar-refractivity contribution in [2.24, 2.45) is 0 Å². The van der Waals surface area contributed by atoms with Crippen molar-refractivity contribution in [3.8, 4) is 5.75 Å². The molecular formula is C20H21ClFN3O4S. The first-order valence-electron chi connectivity index (χ1n) is 9.59. The summed E-state index contributed by atoms with van der Waals surface area (Å²) in [4.78, 5) is 29.3. The van der Waals surface area contributed by atoms with Crippen molar-refractivity contribution < 1.29 is 23.8 Å². The number of hydrogen-bond acceptors (Lipinski definition) is 6. The van der Waals surface area contributed by atoms with Crippen LogP contribution in [0.5, 0.6) is 5.75 Å². The Balaban J connectivity index is 1.34. The molecule has 0 saturated heterocycles. The van der Waals surface area contributed by atoms with Gasteiger partial charge in [0.2, 0.25) is 0 Å². The minimum atomic E-state index is -0.793. The number of carbonyl (C=O) groups excluding carboxylic acids is 2. The number of carbonyl (C=O) groups is 2. The standard InChI is InChI=1S/C20H21ClFN3O4S/c21-13-2-1-12(7-14(13)22)29-10-17(27)24-20-5-3-19(4-6-20,8-16(20)26)25-18(28)15-9-23-11-30-15/h1-2,7,9,11,16,26H,3-6,8,10H2,(H,24,27)(H,25,28). The molecular weight excluding hydrogens is 433 g/mol. The Morgan fingerprint density at radius 3 is 2.70 bits per heavy atom. The number of fused-ring (bicyclic) bond motifs is 3. The normalized spacial score (nSPS) is 27.5. The summed E-state index contributed by atoms with van der Waals surface area (Å²) < 4.78 is 18.8. The molecule has 1 heterocycles. The van der Waals surface area contributed by atoms with Gasteiger partial charge < -0.3 is 20.5 Å². The molecule has 3 N–H and O–H groups in total. The summed E-state index contributed by atoms with van der Waals surface area (Å²) in [7, 11) is 0. The molecule has 5 rings (SSSR count). The topological polar surface area (TPSA) is 101 Å². The maximum Gasteiger partial charge on any atom is 0.263 e. The highest BCUT2D eigenvalue weighted by molar-refractivity contribution is 7.11. The highest BCUT2D eigenvalue weighted by atomic mass is 35.5. The van der Waals surface area contributed by atoms with Gasteiger partial charge in [0.15, 0.2) is 6.61 Å². The first kappa shape index (κ1) is 21.0. The Bertz CT molecular complexity index is 948. The fraction of sp³-hybridized carbons (Fsp3) is 0.450. The Labute approximate surface area is 181 Å². The van der Waals surface area contributed by atoms with E-state index in [2.05, 4.69) is 15.6 Å². The predicted octanol–water partition coefficient (Wildman–Crippen LogP) is 2.68. The molecule has 1 aromatic carbocycles. The summed E-state index contributed by atoms with van der Waals surface area (Å²) in [6.07, 6.45) is 3.48. The van der Waals surface area contributed by atoms with Gasteiger partial charge >= 0.3 is 0 Å². The lowest BCUT2D eigenvalue weighted by molar-refractivity contribution is -0.132. The number of rotatable bonds is 6. The van der Waals surface area contributed by atoms with Gasteiger partial charge in [0, 0.05) is 11.6 Å². The zero-order valence-corrected chi connectivity index (χ0v) is 17.6. The maximum absolute atomic E-state index is 13.5. The molecule has 2 bridgehead atoms. The quantitative estimate of drug-likeness (QED) is 0.624. The van der Waals surface area contributed by atoms with Gasteiger partial charge in [-0.3, -0.25) is 14.6 Å². The number of halogens is 2. The van der Waals surface area contributed by atoms with Gasteiger partial charge in [-0.05, 0) is 44.2 Å². The van der Waals surface area contributed by atoms with Gasteiger partial charge in [0.1, 0.15) is 16.4 Å². The van der Waals surface area contributed by atoms with E-state index in [9.17, 15) is 19.1 Å². The van der Waals surface area contributed by atoms with Crippen molar-refractivity contribution in [1.82, 2.24) is 15.6 Å². The number of aliphatic hydroxyl groups excluding tert-OH is 1. The second-order valence-electron chi connectivity index (χ2n) is 7.89. The van der Waals surface area contributed by atoms with E-state index in [4.69, 9.17) is 16.3 Å². The second-order valence-corrected chi connectivity index (χ2v) is 9.18. The van der Waals surface area contributed by atoms with Crippen LogP contribution in [0.3, 0.4) is 0 Å². The molecule has 30 heavy (non-hydrogen) atoms. The average molecular weight is 454 g/mol. The Kier molecular flexibility index (Phi) is 5.69. The fourth-order valence-corrected chi connectivity index (χ4v) is 4.95. The molecule has 3 aliphatic rings. The van der Waals surface area contributed by atoms with E-state index in [0.29, 0.717) is 37.0 Å². The number of nitrogens with zero attached hydrogens (tertiary/aromatic N) is 1. The van der Waals surface area contributed by atoms with Crippen LogP contribution in [0.25, 0.3) is 0 Å². The molecule has 160 valence electrons. The summed E-state index contributed by atoms with van der Waals surface area (Å²) in [5.41, 5.74) is 0.372. The monoisotopic (exact) mass is 453 g/mol. The second kappa shape index (κ2) is 8.13.